The summed E-state index contributed by atoms with van der Waals surface area (Å²) < 4.78 is 123. The van der Waals surface area contributed by atoms with Crippen molar-refractivity contribution in [2.75, 3.05) is 0 Å². The Hall–Kier alpha value is -11.6. The van der Waals surface area contributed by atoms with E-state index in [9.17, 15) is 43.2 Å². The predicted octanol–water partition coefficient (Wildman–Crippen LogP) is 27.2. The summed E-state index contributed by atoms with van der Waals surface area (Å²) in [6, 6.07) is 67.4. The monoisotopic (exact) mass is 1760 g/mol. The average Bonchev–Trinajstić information content (AvgIpc) is 0.826. The Labute approximate surface area is 723 Å². The molecule has 12 aromatic rings. The number of hydrogen-bond acceptors (Lipinski definition) is 18. The van der Waals surface area contributed by atoms with Gasteiger partial charge in [-0.05, 0) is 302 Å². The van der Waals surface area contributed by atoms with Gasteiger partial charge in [0, 0.05) is 19.6 Å². The van der Waals surface area contributed by atoms with Crippen molar-refractivity contribution >= 4 is 43.2 Å². The fraction of sp³-hybridized carbons (Fsp3) is 0.250. The normalized spacial score (nSPS) is 10.5. The molecule has 0 atom stereocenters. The molecule has 12 rings (SSSR count). The van der Waals surface area contributed by atoms with Crippen molar-refractivity contribution in [2.45, 2.75) is 200 Å². The van der Waals surface area contributed by atoms with Gasteiger partial charge in [-0.25, -0.2) is 16.8 Å². The molecule has 0 saturated heterocycles. The first-order chi connectivity index (χ1) is 57.3. The van der Waals surface area contributed by atoms with Gasteiger partial charge in [-0.3, -0.25) is 0 Å². The topological polar surface area (TPSA) is 311 Å². The van der Waals surface area contributed by atoms with Gasteiger partial charge in [0.25, 0.3) is 0 Å². The SMILES string of the molecule is CC.CC.CC.CC.CC(C)c1ccc(O)c(O)c1.CC(C)c1ccc(O)c(O)c1.Cc1cc(C(C)C)cc(C(F)(F)F)c1.Cc1cc(C(C)C)cc(C(F)(F)F)c1.O=S(=O)(c1ccc(O)cc1)c1ccc(O)cc1.O=S(=O)(c1ccc(O)cc1)c1ccc(O)cc1.Oc1ccc(Sc2ccc(O)cc2)cc1.Oc1ccc(Sc2ccc(O)cc2)cc1. The van der Waals surface area contributed by atoms with Crippen molar-refractivity contribution < 1.29 is 104 Å². The molecule has 0 aliphatic carbocycles. The van der Waals surface area contributed by atoms with Crippen molar-refractivity contribution in [3.05, 3.63) is 311 Å². The van der Waals surface area contributed by atoms with E-state index in [1.54, 1.807) is 122 Å². The minimum Gasteiger partial charge on any atom is -0.508 e. The van der Waals surface area contributed by atoms with Gasteiger partial charge in [0.1, 0.15) is 46.0 Å². The quantitative estimate of drug-likeness (QED) is 0.0399. The number of rotatable bonds is 12. The summed E-state index contributed by atoms with van der Waals surface area (Å²) in [6.07, 6.45) is -8.48. The molecular weight excluding hydrogens is 1650 g/mol. The maximum atomic E-state index is 12.4. The van der Waals surface area contributed by atoms with Crippen LogP contribution < -0.4 is 0 Å². The summed E-state index contributed by atoms with van der Waals surface area (Å²) in [5.74, 6) is 1.89. The lowest BCUT2D eigenvalue weighted by molar-refractivity contribution is -0.138. The van der Waals surface area contributed by atoms with E-state index in [1.807, 2.05) is 159 Å². The van der Waals surface area contributed by atoms with Crippen LogP contribution in [0.3, 0.4) is 0 Å². The first-order valence-electron chi connectivity index (χ1n) is 38.9. The van der Waals surface area contributed by atoms with Gasteiger partial charge in [0.15, 0.2) is 23.0 Å². The van der Waals surface area contributed by atoms with Crippen LogP contribution in [-0.4, -0.2) is 78.1 Å². The molecule has 0 spiro atoms. The summed E-state index contributed by atoms with van der Waals surface area (Å²) in [5, 5.41) is 109. The Morgan fingerprint density at radius 2 is 0.418 bits per heavy atom. The third-order valence-corrected chi connectivity index (χ3v) is 21.5. The first-order valence-corrected chi connectivity index (χ1v) is 43.5. The lowest BCUT2D eigenvalue weighted by Crippen LogP contribution is -2.06. The van der Waals surface area contributed by atoms with Gasteiger partial charge in [-0.1, -0.05) is 170 Å². The van der Waals surface area contributed by atoms with E-state index in [0.29, 0.717) is 23.0 Å². The second kappa shape index (κ2) is 53.9. The molecule has 0 aliphatic rings. The molecule has 660 valence electrons. The molecule has 12 N–H and O–H groups in total. The van der Waals surface area contributed by atoms with Crippen LogP contribution in [0.25, 0.3) is 0 Å². The number of hydrogen-bond donors (Lipinski definition) is 12. The third kappa shape index (κ3) is 39.3. The van der Waals surface area contributed by atoms with E-state index in [-0.39, 0.29) is 100 Å². The minimum atomic E-state index is -4.24. The Bertz CT molecular complexity index is 4690. The summed E-state index contributed by atoms with van der Waals surface area (Å²) in [6.45, 7) is 35.0. The van der Waals surface area contributed by atoms with Crippen LogP contribution >= 0.6 is 23.5 Å². The Morgan fingerprint density at radius 3 is 0.582 bits per heavy atom. The molecular formula is C96H114F6O16S4. The van der Waals surface area contributed by atoms with Crippen LogP contribution in [0.4, 0.5) is 26.3 Å². The Balaban J connectivity index is 0.000000691. The molecule has 16 nitrogen and oxygen atoms in total. The largest absolute Gasteiger partial charge is 0.508 e. The standard InChI is InChI=1S/2C12H10O4S.2C12H10O2S.2C11H13F3.2C9H12O2.4C2H6/c2*13-9-1-5-11(6-2-9)17(15,16)12-7-3-10(14)4-8-12;2*13-9-1-5-11(6-2-9)15-12-7-3-10(14)4-8-12;2*1-7(2)9-4-8(3)5-10(6-9)11(12,13)14;2*1-6(2)7-3-4-8(10)9(11)5-7;4*1-2/h2*1-8,13-14H;2*1-8,13-14H;2*4-7H,1-3H3;2*3-6,10-11H,1-2H3;4*1-2H3. The molecule has 12 aromatic carbocycles. The fourth-order valence-corrected chi connectivity index (χ4v) is 13.7. The van der Waals surface area contributed by atoms with E-state index in [1.165, 1.54) is 133 Å². The second-order valence-electron chi connectivity index (χ2n) is 26.5. The molecule has 122 heavy (non-hydrogen) atoms. The highest BCUT2D eigenvalue weighted by molar-refractivity contribution is 7.99. The molecule has 26 heteroatoms. The van der Waals surface area contributed by atoms with E-state index in [2.05, 4.69) is 0 Å². The highest BCUT2D eigenvalue weighted by Crippen LogP contribution is 2.37. The van der Waals surface area contributed by atoms with Crippen LogP contribution in [0.5, 0.6) is 69.0 Å². The maximum Gasteiger partial charge on any atom is 0.416 e. The van der Waals surface area contributed by atoms with E-state index < -0.39 is 43.2 Å². The second-order valence-corrected chi connectivity index (χ2v) is 32.7. The van der Waals surface area contributed by atoms with E-state index in [0.717, 1.165) is 41.8 Å². The molecule has 0 bridgehead atoms. The number of halogens is 6. The van der Waals surface area contributed by atoms with E-state index >= 15 is 0 Å². The number of aryl methyl sites for hydroxylation is 2. The van der Waals surface area contributed by atoms with Crippen molar-refractivity contribution in [1.82, 2.24) is 0 Å². The molecule has 0 saturated carbocycles. The molecule has 0 amide bonds. The number of aromatic hydroxyl groups is 12. The van der Waals surface area contributed by atoms with Crippen LogP contribution in [-0.2, 0) is 32.0 Å². The average molecular weight is 1770 g/mol. The highest BCUT2D eigenvalue weighted by atomic mass is 32.2. The maximum absolute atomic E-state index is 12.4. The Kier molecular flexibility index (Phi) is 47.9. The number of phenols is 12. The van der Waals surface area contributed by atoms with Crippen molar-refractivity contribution in [3.8, 4) is 69.0 Å². The zero-order valence-electron chi connectivity index (χ0n) is 71.6. The van der Waals surface area contributed by atoms with Crippen LogP contribution in [0, 0.1) is 13.8 Å². The summed E-state index contributed by atoms with van der Waals surface area (Å²) >= 11 is 3.17. The molecule has 0 unspecified atom stereocenters. The number of benzene rings is 12. The lowest BCUT2D eigenvalue weighted by Gasteiger charge is -2.12. The van der Waals surface area contributed by atoms with Gasteiger partial charge in [0.05, 0.1) is 30.7 Å². The zero-order chi connectivity index (χ0) is 93.0. The highest BCUT2D eigenvalue weighted by Gasteiger charge is 2.32. The summed E-state index contributed by atoms with van der Waals surface area (Å²) in [4.78, 5) is 4.61. The van der Waals surface area contributed by atoms with Gasteiger partial charge in [0.2, 0.25) is 19.7 Å². The molecule has 0 aliphatic heterocycles. The summed E-state index contributed by atoms with van der Waals surface area (Å²) in [5.41, 5.74) is 3.73. The number of sulfone groups is 2. The number of alkyl halides is 6. The predicted molar refractivity (Wildman–Crippen MR) is 478 cm³/mol. The fourth-order valence-electron chi connectivity index (χ4n) is 9.52. The van der Waals surface area contributed by atoms with E-state index in [4.69, 9.17) is 61.3 Å². The van der Waals surface area contributed by atoms with Gasteiger partial charge in [-0.15, -0.1) is 0 Å². The molecule has 0 heterocycles. The third-order valence-electron chi connectivity index (χ3n) is 15.9. The van der Waals surface area contributed by atoms with Crippen LogP contribution in [0.15, 0.2) is 306 Å². The van der Waals surface area contributed by atoms with Gasteiger partial charge < -0.3 is 61.3 Å². The first kappa shape index (κ1) is 108. The molecule has 0 radical (unpaired) electrons. The zero-order valence-corrected chi connectivity index (χ0v) is 74.9. The van der Waals surface area contributed by atoms with Gasteiger partial charge >= 0.3 is 12.4 Å². The minimum absolute atomic E-state index is 0.00894. The smallest absolute Gasteiger partial charge is 0.416 e. The van der Waals surface area contributed by atoms with Crippen LogP contribution in [0.1, 0.15) is 179 Å². The van der Waals surface area contributed by atoms with Crippen molar-refractivity contribution in [1.29, 1.82) is 0 Å². The molecule has 0 fully saturated rings. The van der Waals surface area contributed by atoms with Gasteiger partial charge in [-0.2, -0.15) is 26.3 Å². The Morgan fingerprint density at radius 1 is 0.238 bits per heavy atom. The summed E-state index contributed by atoms with van der Waals surface area (Å²) in [7, 11) is -7.19. The van der Waals surface area contributed by atoms with Crippen molar-refractivity contribution in [2.24, 2.45) is 0 Å². The number of phenolic OH excluding ortho intramolecular Hbond substituents is 12. The van der Waals surface area contributed by atoms with Crippen LogP contribution in [0.2, 0.25) is 0 Å². The van der Waals surface area contributed by atoms with Crippen molar-refractivity contribution in [3.63, 3.8) is 0 Å². The lowest BCUT2D eigenvalue weighted by atomic mass is 9.98. The molecule has 0 aromatic heterocycles.